The average molecular weight is 487 g/mol. The van der Waals surface area contributed by atoms with Crippen molar-refractivity contribution in [2.75, 3.05) is 31.7 Å². The van der Waals surface area contributed by atoms with E-state index in [0.717, 1.165) is 48.7 Å². The first-order valence-corrected chi connectivity index (χ1v) is 12.9. The number of rotatable bonds is 11. The van der Waals surface area contributed by atoms with Crippen LogP contribution in [0, 0.1) is 0 Å². The van der Waals surface area contributed by atoms with Gasteiger partial charge in [-0.15, -0.1) is 0 Å². The van der Waals surface area contributed by atoms with Crippen LogP contribution in [0.1, 0.15) is 43.9 Å². The maximum absolute atomic E-state index is 12.0. The largest absolute Gasteiger partial charge is 0.497 e. The van der Waals surface area contributed by atoms with Crippen LogP contribution < -0.4 is 14.4 Å². The molecule has 0 radical (unpaired) electrons. The first-order chi connectivity index (χ1) is 17.7. The van der Waals surface area contributed by atoms with Gasteiger partial charge in [-0.3, -0.25) is 4.90 Å². The number of allylic oxidation sites excluding steroid dienone is 1. The number of fused-ring (bicyclic) bond motifs is 1. The number of aliphatic hydroxyl groups excluding tert-OH is 1. The number of nitrogens with zero attached hydrogens (tertiary/aromatic N) is 2. The van der Waals surface area contributed by atoms with Crippen molar-refractivity contribution in [3.8, 4) is 11.5 Å². The van der Waals surface area contributed by atoms with Gasteiger partial charge in [-0.2, -0.15) is 0 Å². The average Bonchev–Trinajstić information content (AvgIpc) is 2.94. The summed E-state index contributed by atoms with van der Waals surface area (Å²) in [5.41, 5.74) is 3.21. The summed E-state index contributed by atoms with van der Waals surface area (Å²) in [6.45, 7) is 6.55. The number of anilines is 1. The Morgan fingerprint density at radius 1 is 1.00 bits per heavy atom. The van der Waals surface area contributed by atoms with E-state index in [9.17, 15) is 5.11 Å². The third kappa shape index (κ3) is 5.92. The maximum Gasteiger partial charge on any atom is 0.143 e. The fraction of sp³-hybridized carbons (Fsp3) is 0.355. The summed E-state index contributed by atoms with van der Waals surface area (Å²) in [5, 5.41) is 12.0. The second-order valence-corrected chi connectivity index (χ2v) is 9.07. The first-order valence-electron chi connectivity index (χ1n) is 12.9. The van der Waals surface area contributed by atoms with Gasteiger partial charge in [-0.05, 0) is 61.3 Å². The van der Waals surface area contributed by atoms with Gasteiger partial charge in [0.05, 0.1) is 24.9 Å². The Morgan fingerprint density at radius 3 is 2.39 bits per heavy atom. The van der Waals surface area contributed by atoms with E-state index in [0.29, 0.717) is 6.61 Å². The molecule has 190 valence electrons. The predicted molar refractivity (Wildman–Crippen MR) is 148 cm³/mol. The Labute approximate surface area is 215 Å². The molecule has 4 rings (SSSR count). The number of aliphatic hydroxyl groups is 1. The molecule has 0 bridgehead atoms. The minimum atomic E-state index is -0.702. The number of para-hydroxylation sites is 2. The van der Waals surface area contributed by atoms with Crippen molar-refractivity contribution in [1.29, 1.82) is 0 Å². The van der Waals surface area contributed by atoms with Gasteiger partial charge in [-0.25, -0.2) is 0 Å². The fourth-order valence-electron chi connectivity index (χ4n) is 5.07. The van der Waals surface area contributed by atoms with Crippen LogP contribution in [0.3, 0.4) is 0 Å². The van der Waals surface area contributed by atoms with Gasteiger partial charge in [0.25, 0.3) is 0 Å². The molecule has 36 heavy (non-hydrogen) atoms. The summed E-state index contributed by atoms with van der Waals surface area (Å²) in [6.07, 6.45) is 5.41. The first kappa shape index (κ1) is 25.8. The Bertz CT molecular complexity index is 1100. The van der Waals surface area contributed by atoms with Gasteiger partial charge >= 0.3 is 0 Å². The predicted octanol–water partition coefficient (Wildman–Crippen LogP) is 6.16. The molecule has 3 aromatic rings. The highest BCUT2D eigenvalue weighted by Crippen LogP contribution is 2.41. The van der Waals surface area contributed by atoms with Crippen LogP contribution in [0.25, 0.3) is 6.08 Å². The highest BCUT2D eigenvalue weighted by molar-refractivity contribution is 5.62. The second kappa shape index (κ2) is 12.6. The Kier molecular flexibility index (Phi) is 9.04. The lowest BCUT2D eigenvalue weighted by Crippen LogP contribution is -2.55. The molecule has 5 heteroatoms. The van der Waals surface area contributed by atoms with E-state index < -0.39 is 6.23 Å². The third-order valence-electron chi connectivity index (χ3n) is 7.03. The zero-order valence-electron chi connectivity index (χ0n) is 21.6. The lowest BCUT2D eigenvalue weighted by Gasteiger charge is -2.46. The van der Waals surface area contributed by atoms with Gasteiger partial charge in [0.1, 0.15) is 24.3 Å². The molecule has 3 aromatic carbocycles. The molecule has 0 saturated carbocycles. The second-order valence-electron chi connectivity index (χ2n) is 9.07. The molecule has 1 N–H and O–H groups in total. The Morgan fingerprint density at radius 2 is 1.69 bits per heavy atom. The zero-order chi connectivity index (χ0) is 25.3. The molecule has 1 aliphatic heterocycles. The lowest BCUT2D eigenvalue weighted by atomic mass is 9.98. The molecule has 3 atom stereocenters. The third-order valence-corrected chi connectivity index (χ3v) is 7.03. The number of ether oxygens (including phenoxy) is 2. The van der Waals surface area contributed by atoms with Crippen molar-refractivity contribution in [2.45, 2.75) is 45.0 Å². The maximum atomic E-state index is 12.0. The van der Waals surface area contributed by atoms with E-state index >= 15 is 0 Å². The van der Waals surface area contributed by atoms with Gasteiger partial charge in [-0.1, -0.05) is 80.6 Å². The van der Waals surface area contributed by atoms with Crippen molar-refractivity contribution in [1.82, 2.24) is 4.90 Å². The summed E-state index contributed by atoms with van der Waals surface area (Å²) in [7, 11) is 1.67. The van der Waals surface area contributed by atoms with E-state index in [1.807, 2.05) is 42.5 Å². The van der Waals surface area contributed by atoms with Gasteiger partial charge in [0, 0.05) is 0 Å². The molecule has 0 spiro atoms. The van der Waals surface area contributed by atoms with E-state index in [-0.39, 0.29) is 12.1 Å². The van der Waals surface area contributed by atoms with E-state index in [4.69, 9.17) is 9.47 Å². The number of methoxy groups -OCH3 is 1. The van der Waals surface area contributed by atoms with Crippen LogP contribution in [0.4, 0.5) is 5.69 Å². The topological polar surface area (TPSA) is 45.2 Å². The summed E-state index contributed by atoms with van der Waals surface area (Å²) >= 11 is 0. The van der Waals surface area contributed by atoms with Crippen molar-refractivity contribution in [3.05, 3.63) is 96.1 Å². The molecule has 0 amide bonds. The molecular formula is C31H38N2O3. The van der Waals surface area contributed by atoms with Crippen LogP contribution >= 0.6 is 0 Å². The molecule has 0 aromatic heterocycles. The van der Waals surface area contributed by atoms with E-state index in [2.05, 4.69) is 72.2 Å². The lowest BCUT2D eigenvalue weighted by molar-refractivity contribution is 0.0344. The summed E-state index contributed by atoms with van der Waals surface area (Å²) in [5.74, 6) is 1.62. The highest BCUT2D eigenvalue weighted by Gasteiger charge is 2.38. The summed E-state index contributed by atoms with van der Waals surface area (Å²) < 4.78 is 11.5. The van der Waals surface area contributed by atoms with Crippen LogP contribution in [-0.4, -0.2) is 49.1 Å². The molecule has 3 unspecified atom stereocenters. The number of benzene rings is 3. The van der Waals surface area contributed by atoms with Gasteiger partial charge in [0.15, 0.2) is 0 Å². The molecule has 0 fully saturated rings. The van der Waals surface area contributed by atoms with E-state index in [1.165, 1.54) is 5.56 Å². The van der Waals surface area contributed by atoms with E-state index in [1.54, 1.807) is 7.11 Å². The standard InChI is InChI=1S/C31H38N2O3/c1-4-32(5-2)28(17-10-9-15-24-13-7-6-8-14-24)31(34)33-27-16-11-12-18-30(27)36-23-29(33)25-19-21-26(35-3)22-20-25/h6-9,11-16,18-22,28-29,31,34H,4-5,10,17,23H2,1-3H3. The van der Waals surface area contributed by atoms with Crippen molar-refractivity contribution in [3.63, 3.8) is 0 Å². The zero-order valence-corrected chi connectivity index (χ0v) is 21.6. The number of hydrogen-bond donors (Lipinski definition) is 1. The molecule has 0 aliphatic carbocycles. The molecule has 5 nitrogen and oxygen atoms in total. The minimum Gasteiger partial charge on any atom is -0.497 e. The van der Waals surface area contributed by atoms with Crippen LogP contribution in [0.5, 0.6) is 11.5 Å². The monoisotopic (exact) mass is 486 g/mol. The Balaban J connectivity index is 1.63. The SMILES string of the molecule is CCN(CC)C(CCC=Cc1ccccc1)C(O)N1c2ccccc2OCC1c1ccc(OC)cc1. The van der Waals surface area contributed by atoms with Crippen LogP contribution in [-0.2, 0) is 0 Å². The molecule has 1 heterocycles. The fourth-order valence-corrected chi connectivity index (χ4v) is 5.07. The van der Waals surface area contributed by atoms with Crippen molar-refractivity contribution in [2.24, 2.45) is 0 Å². The smallest absolute Gasteiger partial charge is 0.143 e. The van der Waals surface area contributed by atoms with Crippen molar-refractivity contribution >= 4 is 11.8 Å². The summed E-state index contributed by atoms with van der Waals surface area (Å²) in [4.78, 5) is 4.52. The molecule has 1 aliphatic rings. The minimum absolute atomic E-state index is 0.0349. The Hall–Kier alpha value is -3.28. The summed E-state index contributed by atoms with van der Waals surface area (Å²) in [6, 6.07) is 26.3. The van der Waals surface area contributed by atoms with Gasteiger partial charge in [0.2, 0.25) is 0 Å². The molecule has 0 saturated heterocycles. The van der Waals surface area contributed by atoms with Crippen LogP contribution in [0.2, 0.25) is 0 Å². The van der Waals surface area contributed by atoms with Gasteiger partial charge < -0.3 is 19.5 Å². The van der Waals surface area contributed by atoms with Crippen LogP contribution in [0.15, 0.2) is 84.9 Å². The normalized spacial score (nSPS) is 17.0. The molecular weight excluding hydrogens is 448 g/mol. The van der Waals surface area contributed by atoms with Crippen molar-refractivity contribution < 1.29 is 14.6 Å². The quantitative estimate of drug-likeness (QED) is 0.352. The highest BCUT2D eigenvalue weighted by atomic mass is 16.5. The number of hydrogen-bond acceptors (Lipinski definition) is 5. The number of likely N-dealkylation sites (N-methyl/N-ethyl adjacent to an activating group) is 1.